The Morgan fingerprint density at radius 3 is 2.40 bits per heavy atom. The molecule has 0 aliphatic heterocycles. The van der Waals surface area contributed by atoms with Crippen molar-refractivity contribution >= 4 is 23.2 Å². The van der Waals surface area contributed by atoms with Gasteiger partial charge < -0.3 is 5.32 Å². The van der Waals surface area contributed by atoms with E-state index in [9.17, 15) is 14.9 Å². The topological polar surface area (TPSA) is 85.1 Å². The molecule has 7 heteroatoms. The van der Waals surface area contributed by atoms with Crippen molar-refractivity contribution in [1.29, 1.82) is 0 Å². The average molecular weight is 300 g/mol. The Hall–Kier alpha value is -1.69. The van der Waals surface area contributed by atoms with E-state index < -0.39 is 10.8 Å². The standard InChI is InChI=1S/C13H18ClN3O3/c1-4-13(5-2,6-3)16-12(18)9-7-11(14)15-8-10(9)17(19)20/h7-8H,4-6H2,1-3H3,(H,16,18). The molecule has 1 N–H and O–H groups in total. The van der Waals surface area contributed by atoms with Gasteiger partial charge in [-0.3, -0.25) is 14.9 Å². The van der Waals surface area contributed by atoms with Crippen molar-refractivity contribution in [1.82, 2.24) is 10.3 Å². The zero-order chi connectivity index (χ0) is 15.3. The predicted molar refractivity (Wildman–Crippen MR) is 77.0 cm³/mol. The number of hydrogen-bond donors (Lipinski definition) is 1. The summed E-state index contributed by atoms with van der Waals surface area (Å²) in [6, 6.07) is 1.22. The van der Waals surface area contributed by atoms with Crippen molar-refractivity contribution in [3.8, 4) is 0 Å². The fourth-order valence-electron chi connectivity index (χ4n) is 2.07. The number of nitro groups is 1. The highest BCUT2D eigenvalue weighted by atomic mass is 35.5. The molecule has 20 heavy (non-hydrogen) atoms. The molecular formula is C13H18ClN3O3. The van der Waals surface area contributed by atoms with E-state index >= 15 is 0 Å². The van der Waals surface area contributed by atoms with Crippen LogP contribution in [0.5, 0.6) is 0 Å². The third kappa shape index (κ3) is 3.45. The van der Waals surface area contributed by atoms with Gasteiger partial charge in [-0.2, -0.15) is 0 Å². The van der Waals surface area contributed by atoms with Crippen molar-refractivity contribution < 1.29 is 9.72 Å². The minimum atomic E-state index is -0.635. The quantitative estimate of drug-likeness (QED) is 0.496. The van der Waals surface area contributed by atoms with Crippen molar-refractivity contribution in [2.45, 2.75) is 45.6 Å². The molecule has 0 aliphatic carbocycles. The van der Waals surface area contributed by atoms with Crippen molar-refractivity contribution in [3.05, 3.63) is 33.1 Å². The molecule has 1 aromatic heterocycles. The summed E-state index contributed by atoms with van der Waals surface area (Å²) in [5.74, 6) is -0.494. The molecule has 1 amide bonds. The van der Waals surface area contributed by atoms with E-state index in [0.29, 0.717) is 0 Å². The maximum absolute atomic E-state index is 12.3. The van der Waals surface area contributed by atoms with Gasteiger partial charge in [0.1, 0.15) is 16.9 Å². The van der Waals surface area contributed by atoms with E-state index in [0.717, 1.165) is 25.5 Å². The monoisotopic (exact) mass is 299 g/mol. The first kappa shape index (κ1) is 16.4. The van der Waals surface area contributed by atoms with Gasteiger partial charge in [-0.15, -0.1) is 0 Å². The van der Waals surface area contributed by atoms with Crippen LogP contribution in [-0.4, -0.2) is 21.4 Å². The van der Waals surface area contributed by atoms with Gasteiger partial charge in [0.15, 0.2) is 0 Å². The molecule has 0 atom stereocenters. The molecule has 1 rings (SSSR count). The molecule has 0 spiro atoms. The molecule has 0 aromatic carbocycles. The van der Waals surface area contributed by atoms with Crippen LogP contribution < -0.4 is 5.32 Å². The number of halogens is 1. The first-order valence-electron chi connectivity index (χ1n) is 6.51. The normalized spacial score (nSPS) is 11.2. The lowest BCUT2D eigenvalue weighted by Gasteiger charge is -2.31. The Morgan fingerprint density at radius 1 is 1.40 bits per heavy atom. The zero-order valence-electron chi connectivity index (χ0n) is 11.8. The van der Waals surface area contributed by atoms with Crippen molar-refractivity contribution in [2.75, 3.05) is 0 Å². The van der Waals surface area contributed by atoms with Crippen LogP contribution in [0.15, 0.2) is 12.3 Å². The highest BCUT2D eigenvalue weighted by molar-refractivity contribution is 6.29. The average Bonchev–Trinajstić information content (AvgIpc) is 2.44. The van der Waals surface area contributed by atoms with E-state index in [-0.39, 0.29) is 21.9 Å². The van der Waals surface area contributed by atoms with Crippen LogP contribution in [0.4, 0.5) is 5.69 Å². The van der Waals surface area contributed by atoms with Crippen LogP contribution in [0, 0.1) is 10.1 Å². The number of hydrogen-bond acceptors (Lipinski definition) is 4. The summed E-state index contributed by atoms with van der Waals surface area (Å²) in [7, 11) is 0. The van der Waals surface area contributed by atoms with Crippen molar-refractivity contribution in [3.63, 3.8) is 0 Å². The summed E-state index contributed by atoms with van der Waals surface area (Å²) < 4.78 is 0. The Balaban J connectivity index is 3.15. The Labute approximate surface area is 122 Å². The van der Waals surface area contributed by atoms with Gasteiger partial charge in [0.05, 0.1) is 4.92 Å². The van der Waals surface area contributed by atoms with Crippen molar-refractivity contribution in [2.24, 2.45) is 0 Å². The summed E-state index contributed by atoms with van der Waals surface area (Å²) in [6.45, 7) is 5.92. The second-order valence-corrected chi connectivity index (χ2v) is 4.96. The van der Waals surface area contributed by atoms with Gasteiger partial charge in [-0.25, -0.2) is 4.98 Å². The number of carbonyl (C=O) groups is 1. The SMILES string of the molecule is CCC(CC)(CC)NC(=O)c1cc(Cl)ncc1[N+](=O)[O-]. The third-order valence-electron chi connectivity index (χ3n) is 3.70. The molecule has 110 valence electrons. The Bertz CT molecular complexity index is 507. The second kappa shape index (κ2) is 6.65. The fourth-order valence-corrected chi connectivity index (χ4v) is 2.23. The van der Waals surface area contributed by atoms with E-state index in [1.807, 2.05) is 20.8 Å². The molecule has 0 saturated carbocycles. The number of carbonyl (C=O) groups excluding carboxylic acids is 1. The van der Waals surface area contributed by atoms with E-state index in [1.165, 1.54) is 6.07 Å². The number of amides is 1. The van der Waals surface area contributed by atoms with Crippen LogP contribution in [0.1, 0.15) is 50.4 Å². The van der Waals surface area contributed by atoms with Gasteiger partial charge in [-0.05, 0) is 25.3 Å². The van der Waals surface area contributed by atoms with Crippen LogP contribution in [0.2, 0.25) is 5.15 Å². The molecule has 1 heterocycles. The second-order valence-electron chi connectivity index (χ2n) is 4.58. The molecule has 0 unspecified atom stereocenters. The summed E-state index contributed by atoms with van der Waals surface area (Å²) >= 11 is 5.72. The van der Waals surface area contributed by atoms with E-state index in [4.69, 9.17) is 11.6 Å². The summed E-state index contributed by atoms with van der Waals surface area (Å²) in [4.78, 5) is 26.3. The van der Waals surface area contributed by atoms with Crippen LogP contribution >= 0.6 is 11.6 Å². The highest BCUT2D eigenvalue weighted by Crippen LogP contribution is 2.24. The summed E-state index contributed by atoms with van der Waals surface area (Å²) in [5, 5.41) is 13.9. The molecule has 0 aliphatic rings. The largest absolute Gasteiger partial charge is 0.346 e. The molecular weight excluding hydrogens is 282 g/mol. The first-order valence-corrected chi connectivity index (χ1v) is 6.89. The Morgan fingerprint density at radius 2 is 1.95 bits per heavy atom. The van der Waals surface area contributed by atoms with Crippen LogP contribution in [0.25, 0.3) is 0 Å². The Kier molecular flexibility index (Phi) is 5.44. The molecule has 0 bridgehead atoms. The van der Waals surface area contributed by atoms with E-state index in [1.54, 1.807) is 0 Å². The fraction of sp³-hybridized carbons (Fsp3) is 0.538. The lowest BCUT2D eigenvalue weighted by molar-refractivity contribution is -0.385. The molecule has 6 nitrogen and oxygen atoms in total. The van der Waals surface area contributed by atoms with Gasteiger partial charge in [-0.1, -0.05) is 32.4 Å². The lowest BCUT2D eigenvalue weighted by Crippen LogP contribution is -2.47. The lowest BCUT2D eigenvalue weighted by atomic mass is 9.89. The zero-order valence-corrected chi connectivity index (χ0v) is 12.5. The number of aromatic nitrogens is 1. The highest BCUT2D eigenvalue weighted by Gasteiger charge is 2.29. The predicted octanol–water partition coefficient (Wildman–Crippen LogP) is 3.34. The summed E-state index contributed by atoms with van der Waals surface area (Å²) in [6.07, 6.45) is 3.25. The van der Waals surface area contributed by atoms with Gasteiger partial charge in [0.25, 0.3) is 11.6 Å². The number of rotatable bonds is 6. The van der Waals surface area contributed by atoms with E-state index in [2.05, 4.69) is 10.3 Å². The summed E-state index contributed by atoms with van der Waals surface area (Å²) in [5.41, 5.74) is -0.764. The molecule has 1 aromatic rings. The van der Waals surface area contributed by atoms with Gasteiger partial charge >= 0.3 is 0 Å². The smallest absolute Gasteiger partial charge is 0.300 e. The maximum atomic E-state index is 12.3. The number of pyridine rings is 1. The number of nitrogens with zero attached hydrogens (tertiary/aromatic N) is 2. The maximum Gasteiger partial charge on any atom is 0.300 e. The first-order chi connectivity index (χ1) is 9.39. The minimum Gasteiger partial charge on any atom is -0.346 e. The molecule has 0 fully saturated rings. The van der Waals surface area contributed by atoms with Crippen LogP contribution in [-0.2, 0) is 0 Å². The third-order valence-corrected chi connectivity index (χ3v) is 3.91. The van der Waals surface area contributed by atoms with Gasteiger partial charge in [0, 0.05) is 5.54 Å². The van der Waals surface area contributed by atoms with Gasteiger partial charge in [0.2, 0.25) is 0 Å². The number of nitrogens with one attached hydrogen (secondary N) is 1. The molecule has 0 saturated heterocycles. The van der Waals surface area contributed by atoms with Crippen LogP contribution in [0.3, 0.4) is 0 Å². The minimum absolute atomic E-state index is 0.0517. The molecule has 0 radical (unpaired) electrons.